The van der Waals surface area contributed by atoms with Gasteiger partial charge in [-0.25, -0.2) is 4.39 Å². The molecule has 0 saturated carbocycles. The predicted molar refractivity (Wildman–Crippen MR) is 51.1 cm³/mol. The highest BCUT2D eigenvalue weighted by molar-refractivity contribution is 5.14. The lowest BCUT2D eigenvalue weighted by molar-refractivity contribution is 0.155. The van der Waals surface area contributed by atoms with Crippen LogP contribution in [0.15, 0.2) is 11.3 Å². The monoisotopic (exact) mass is 187 g/mol. The molecule has 13 heavy (non-hydrogen) atoms. The summed E-state index contributed by atoms with van der Waals surface area (Å²) < 4.78 is 17.8. The predicted octanol–water partition coefficient (Wildman–Crippen LogP) is 2.32. The molecule has 0 amide bonds. The standard InChI is InChI=1S/C10H18FNO/c1-5-9(6-11)8(2)12(4)10(3)7-13-10/h5-7H2,1-4H3/b9-8-. The Hall–Kier alpha value is -0.570. The normalized spacial score (nSPS) is 28.4. The number of hydrogen-bond acceptors (Lipinski definition) is 2. The van der Waals surface area contributed by atoms with Crippen molar-refractivity contribution in [3.8, 4) is 0 Å². The minimum absolute atomic E-state index is 0.181. The second-order valence-corrected chi connectivity index (χ2v) is 3.70. The van der Waals surface area contributed by atoms with E-state index in [2.05, 4.69) is 0 Å². The fourth-order valence-electron chi connectivity index (χ4n) is 1.34. The van der Waals surface area contributed by atoms with E-state index in [1.54, 1.807) is 0 Å². The van der Waals surface area contributed by atoms with Crippen LogP contribution in [0.3, 0.4) is 0 Å². The van der Waals surface area contributed by atoms with E-state index in [4.69, 9.17) is 4.74 Å². The number of hydrogen-bond donors (Lipinski definition) is 0. The topological polar surface area (TPSA) is 15.8 Å². The summed E-state index contributed by atoms with van der Waals surface area (Å²) in [4.78, 5) is 2.02. The molecule has 1 heterocycles. The van der Waals surface area contributed by atoms with E-state index >= 15 is 0 Å². The molecule has 1 aliphatic rings. The molecule has 2 nitrogen and oxygen atoms in total. The van der Waals surface area contributed by atoms with Crippen LogP contribution < -0.4 is 0 Å². The Morgan fingerprint density at radius 1 is 1.62 bits per heavy atom. The Balaban J connectivity index is 2.74. The maximum atomic E-state index is 12.6. The van der Waals surface area contributed by atoms with Gasteiger partial charge in [0.2, 0.25) is 0 Å². The molecule has 0 aromatic rings. The minimum Gasteiger partial charge on any atom is -0.349 e. The highest BCUT2D eigenvalue weighted by atomic mass is 19.1. The fraction of sp³-hybridized carbons (Fsp3) is 0.800. The number of epoxide rings is 1. The number of rotatable bonds is 4. The number of allylic oxidation sites excluding steroid dienone is 2. The van der Waals surface area contributed by atoms with Gasteiger partial charge in [0.05, 0.1) is 6.61 Å². The van der Waals surface area contributed by atoms with E-state index in [0.717, 1.165) is 24.3 Å². The summed E-state index contributed by atoms with van der Waals surface area (Å²) in [5.74, 6) is 0. The maximum absolute atomic E-state index is 12.6. The Bertz CT molecular complexity index is 215. The Labute approximate surface area is 79.4 Å². The molecule has 0 aromatic carbocycles. The molecule has 3 heteroatoms. The summed E-state index contributed by atoms with van der Waals surface area (Å²) in [5, 5.41) is 0. The average Bonchev–Trinajstić information content (AvgIpc) is 2.85. The van der Waals surface area contributed by atoms with Crippen molar-refractivity contribution in [3.05, 3.63) is 11.3 Å². The number of likely N-dealkylation sites (N-methyl/N-ethyl adjacent to an activating group) is 1. The minimum atomic E-state index is -0.358. The van der Waals surface area contributed by atoms with Gasteiger partial charge >= 0.3 is 0 Å². The molecule has 1 saturated heterocycles. The van der Waals surface area contributed by atoms with Gasteiger partial charge in [-0.05, 0) is 25.8 Å². The van der Waals surface area contributed by atoms with Crippen LogP contribution in [0, 0.1) is 0 Å². The van der Waals surface area contributed by atoms with Crippen molar-refractivity contribution < 1.29 is 9.13 Å². The van der Waals surface area contributed by atoms with Crippen molar-refractivity contribution in [3.63, 3.8) is 0 Å². The van der Waals surface area contributed by atoms with Crippen LogP contribution >= 0.6 is 0 Å². The molecular formula is C10H18FNO. The van der Waals surface area contributed by atoms with Gasteiger partial charge in [-0.15, -0.1) is 0 Å². The van der Waals surface area contributed by atoms with E-state index in [1.807, 2.05) is 32.7 Å². The molecule has 1 fully saturated rings. The summed E-state index contributed by atoms with van der Waals surface area (Å²) in [5.41, 5.74) is 1.68. The summed E-state index contributed by atoms with van der Waals surface area (Å²) in [7, 11) is 1.95. The zero-order valence-electron chi connectivity index (χ0n) is 8.85. The molecule has 0 aliphatic carbocycles. The van der Waals surface area contributed by atoms with Gasteiger partial charge < -0.3 is 9.64 Å². The molecule has 0 N–H and O–H groups in total. The van der Waals surface area contributed by atoms with Crippen LogP contribution in [0.1, 0.15) is 27.2 Å². The van der Waals surface area contributed by atoms with Crippen molar-refractivity contribution in [2.24, 2.45) is 0 Å². The van der Waals surface area contributed by atoms with E-state index in [-0.39, 0.29) is 12.4 Å². The summed E-state index contributed by atoms with van der Waals surface area (Å²) in [6.45, 7) is 6.32. The largest absolute Gasteiger partial charge is 0.349 e. The second-order valence-electron chi connectivity index (χ2n) is 3.70. The maximum Gasteiger partial charge on any atom is 0.161 e. The number of ether oxygens (including phenoxy) is 1. The molecule has 0 bridgehead atoms. The first-order chi connectivity index (χ1) is 6.05. The third kappa shape index (κ3) is 2.02. The van der Waals surface area contributed by atoms with Gasteiger partial charge in [-0.2, -0.15) is 0 Å². The van der Waals surface area contributed by atoms with Crippen LogP contribution in [-0.2, 0) is 4.74 Å². The molecule has 1 unspecified atom stereocenters. The summed E-state index contributed by atoms with van der Waals surface area (Å²) >= 11 is 0. The molecule has 0 aromatic heterocycles. The van der Waals surface area contributed by atoms with Crippen LogP contribution in [-0.4, -0.2) is 31.0 Å². The van der Waals surface area contributed by atoms with Crippen LogP contribution in [0.4, 0.5) is 4.39 Å². The first-order valence-electron chi connectivity index (χ1n) is 4.67. The smallest absolute Gasteiger partial charge is 0.161 e. The van der Waals surface area contributed by atoms with E-state index in [1.165, 1.54) is 0 Å². The van der Waals surface area contributed by atoms with E-state index in [0.29, 0.717) is 0 Å². The highest BCUT2D eigenvalue weighted by Crippen LogP contribution is 2.33. The average molecular weight is 187 g/mol. The van der Waals surface area contributed by atoms with Crippen molar-refractivity contribution in [1.29, 1.82) is 0 Å². The zero-order valence-corrected chi connectivity index (χ0v) is 8.85. The third-order valence-corrected chi connectivity index (χ3v) is 2.87. The van der Waals surface area contributed by atoms with Crippen molar-refractivity contribution >= 4 is 0 Å². The Morgan fingerprint density at radius 3 is 2.46 bits per heavy atom. The summed E-state index contributed by atoms with van der Waals surface area (Å²) in [6, 6.07) is 0. The van der Waals surface area contributed by atoms with Gasteiger partial charge in [-0.1, -0.05) is 6.92 Å². The first-order valence-corrected chi connectivity index (χ1v) is 4.67. The summed E-state index contributed by atoms with van der Waals surface area (Å²) in [6.07, 6.45) is 0.767. The van der Waals surface area contributed by atoms with Gasteiger partial charge in [-0.3, -0.25) is 0 Å². The Kier molecular flexibility index (Phi) is 2.96. The quantitative estimate of drug-likeness (QED) is 0.628. The lowest BCUT2D eigenvalue weighted by Gasteiger charge is -2.26. The molecule has 1 rings (SSSR count). The number of halogens is 1. The lowest BCUT2D eigenvalue weighted by Crippen LogP contribution is -2.31. The first kappa shape index (κ1) is 10.5. The zero-order chi connectivity index (χ0) is 10.1. The number of nitrogens with zero attached hydrogens (tertiary/aromatic N) is 1. The molecule has 0 spiro atoms. The molecular weight excluding hydrogens is 169 g/mol. The van der Waals surface area contributed by atoms with Crippen molar-refractivity contribution in [1.82, 2.24) is 4.90 Å². The fourth-order valence-corrected chi connectivity index (χ4v) is 1.34. The van der Waals surface area contributed by atoms with Crippen LogP contribution in [0.2, 0.25) is 0 Å². The molecule has 0 radical (unpaired) electrons. The Morgan fingerprint density at radius 2 is 2.15 bits per heavy atom. The van der Waals surface area contributed by atoms with Crippen molar-refractivity contribution in [2.45, 2.75) is 32.9 Å². The molecule has 1 atom stereocenters. The van der Waals surface area contributed by atoms with Crippen molar-refractivity contribution in [2.75, 3.05) is 20.3 Å². The van der Waals surface area contributed by atoms with Crippen LogP contribution in [0.25, 0.3) is 0 Å². The SMILES string of the molecule is CC/C(CF)=C(\C)N(C)C1(C)CO1. The van der Waals surface area contributed by atoms with Gasteiger partial charge in [0.15, 0.2) is 5.72 Å². The lowest BCUT2D eigenvalue weighted by atomic mass is 10.1. The van der Waals surface area contributed by atoms with E-state index < -0.39 is 0 Å². The third-order valence-electron chi connectivity index (χ3n) is 2.87. The van der Waals surface area contributed by atoms with Gasteiger partial charge in [0.1, 0.15) is 6.67 Å². The number of alkyl halides is 1. The highest BCUT2D eigenvalue weighted by Gasteiger charge is 2.44. The van der Waals surface area contributed by atoms with Gasteiger partial charge in [0.25, 0.3) is 0 Å². The van der Waals surface area contributed by atoms with Gasteiger partial charge in [0, 0.05) is 12.7 Å². The molecule has 76 valence electrons. The second kappa shape index (κ2) is 3.66. The molecule has 1 aliphatic heterocycles. The van der Waals surface area contributed by atoms with E-state index in [9.17, 15) is 4.39 Å². The van der Waals surface area contributed by atoms with Crippen LogP contribution in [0.5, 0.6) is 0 Å².